The summed E-state index contributed by atoms with van der Waals surface area (Å²) in [4.78, 5) is 42.2. The first-order chi connectivity index (χ1) is 16.9. The number of amides is 2. The fourth-order valence-electron chi connectivity index (χ4n) is 4.35. The second kappa shape index (κ2) is 9.27. The van der Waals surface area contributed by atoms with Crippen molar-refractivity contribution in [2.45, 2.75) is 26.3 Å². The van der Waals surface area contributed by atoms with E-state index >= 15 is 0 Å². The van der Waals surface area contributed by atoms with Crippen molar-refractivity contribution in [3.8, 4) is 5.69 Å². The van der Waals surface area contributed by atoms with Gasteiger partial charge in [0.1, 0.15) is 0 Å². The Bertz CT molecular complexity index is 1490. The van der Waals surface area contributed by atoms with Crippen LogP contribution in [0.1, 0.15) is 33.6 Å². The van der Waals surface area contributed by atoms with Gasteiger partial charge in [-0.25, -0.2) is 4.79 Å². The van der Waals surface area contributed by atoms with E-state index in [1.807, 2.05) is 43.3 Å². The lowest BCUT2D eigenvalue weighted by Gasteiger charge is -2.30. The highest BCUT2D eigenvalue weighted by Gasteiger charge is 2.24. The predicted molar refractivity (Wildman–Crippen MR) is 136 cm³/mol. The molecule has 4 aromatic rings. The van der Waals surface area contributed by atoms with Gasteiger partial charge in [-0.3, -0.25) is 14.2 Å². The largest absolute Gasteiger partial charge is 0.330 e. The first-order valence-corrected chi connectivity index (χ1v) is 11.6. The zero-order valence-electron chi connectivity index (χ0n) is 19.0. The van der Waals surface area contributed by atoms with Crippen LogP contribution in [0.15, 0.2) is 77.7 Å². The molecule has 176 valence electrons. The summed E-state index contributed by atoms with van der Waals surface area (Å²) in [6.07, 6.45) is 2.65. The fraction of sp³-hybridized carbons (Fsp3) is 0.148. The van der Waals surface area contributed by atoms with Crippen LogP contribution in [0.5, 0.6) is 0 Å². The molecule has 3 aromatic carbocycles. The van der Waals surface area contributed by atoms with Gasteiger partial charge in [0.05, 0.1) is 12.2 Å². The van der Waals surface area contributed by atoms with E-state index in [4.69, 9.17) is 11.6 Å². The van der Waals surface area contributed by atoms with E-state index in [-0.39, 0.29) is 17.5 Å². The van der Waals surface area contributed by atoms with Gasteiger partial charge in [0.15, 0.2) is 0 Å². The van der Waals surface area contributed by atoms with Gasteiger partial charge in [-0.05, 0) is 73.0 Å². The molecule has 2 N–H and O–H groups in total. The number of nitrogens with one attached hydrogen (secondary N) is 2. The molecule has 1 aliphatic rings. The smallest absolute Gasteiger partial charge is 0.322 e. The standard InChI is InChI=1S/C27H23ClN4O3/c1-17-15-29-27(35)32(17)23-4-2-3-20(14-23)26(34)30-22-10-11-24-19(13-22)7-12-25(33)31(24)16-18-5-8-21(28)9-6-18/h2-6,8-11,13-15H,7,12,16H2,1H3,(H,29,35)(H,30,34). The monoisotopic (exact) mass is 486 g/mol. The number of H-pyrrole nitrogens is 1. The molecule has 0 unspecified atom stereocenters. The highest BCUT2D eigenvalue weighted by Crippen LogP contribution is 2.32. The number of anilines is 2. The molecule has 0 spiro atoms. The molecular formula is C27H23ClN4O3. The minimum atomic E-state index is -0.280. The molecule has 5 rings (SSSR count). The number of aryl methyl sites for hydroxylation is 2. The number of imidazole rings is 1. The van der Waals surface area contributed by atoms with Crippen molar-refractivity contribution in [3.63, 3.8) is 0 Å². The lowest BCUT2D eigenvalue weighted by atomic mass is 9.99. The van der Waals surface area contributed by atoms with Gasteiger partial charge in [0, 0.05) is 40.3 Å². The molecule has 0 bridgehead atoms. The van der Waals surface area contributed by atoms with Gasteiger partial charge >= 0.3 is 5.69 Å². The maximum Gasteiger partial charge on any atom is 0.330 e. The van der Waals surface area contributed by atoms with Crippen LogP contribution in [0.4, 0.5) is 11.4 Å². The fourth-order valence-corrected chi connectivity index (χ4v) is 4.48. The Morgan fingerprint density at radius 2 is 1.83 bits per heavy atom. The van der Waals surface area contributed by atoms with Gasteiger partial charge in [-0.2, -0.15) is 0 Å². The highest BCUT2D eigenvalue weighted by molar-refractivity contribution is 6.30. The van der Waals surface area contributed by atoms with Crippen LogP contribution in [0.3, 0.4) is 0 Å². The van der Waals surface area contributed by atoms with E-state index in [2.05, 4.69) is 10.3 Å². The van der Waals surface area contributed by atoms with Crippen LogP contribution in [0.2, 0.25) is 5.02 Å². The zero-order chi connectivity index (χ0) is 24.5. The molecule has 2 heterocycles. The first-order valence-electron chi connectivity index (χ1n) is 11.3. The van der Waals surface area contributed by atoms with Crippen molar-refractivity contribution in [3.05, 3.63) is 111 Å². The average molecular weight is 487 g/mol. The molecule has 1 aliphatic heterocycles. The number of aromatic amines is 1. The van der Waals surface area contributed by atoms with Gasteiger partial charge in [-0.15, -0.1) is 0 Å². The molecule has 0 saturated carbocycles. The number of aromatic nitrogens is 2. The third-order valence-electron chi connectivity index (χ3n) is 6.12. The quantitative estimate of drug-likeness (QED) is 0.422. The predicted octanol–water partition coefficient (Wildman–Crippen LogP) is 4.86. The topological polar surface area (TPSA) is 87.2 Å². The summed E-state index contributed by atoms with van der Waals surface area (Å²) in [6.45, 7) is 2.28. The lowest BCUT2D eigenvalue weighted by Crippen LogP contribution is -2.34. The van der Waals surface area contributed by atoms with Gasteiger partial charge in [-0.1, -0.05) is 29.8 Å². The van der Waals surface area contributed by atoms with E-state index in [1.165, 1.54) is 4.57 Å². The summed E-state index contributed by atoms with van der Waals surface area (Å²) < 4.78 is 1.52. The van der Waals surface area contributed by atoms with E-state index in [0.717, 1.165) is 22.5 Å². The summed E-state index contributed by atoms with van der Waals surface area (Å²) in [6, 6.07) is 20.0. The van der Waals surface area contributed by atoms with Crippen molar-refractivity contribution < 1.29 is 9.59 Å². The van der Waals surface area contributed by atoms with E-state index in [9.17, 15) is 14.4 Å². The maximum absolute atomic E-state index is 13.0. The summed E-state index contributed by atoms with van der Waals surface area (Å²) in [5.41, 5.74) is 5.03. The van der Waals surface area contributed by atoms with Crippen LogP contribution >= 0.6 is 11.6 Å². The van der Waals surface area contributed by atoms with Gasteiger partial charge in [0.25, 0.3) is 5.91 Å². The van der Waals surface area contributed by atoms with E-state index < -0.39 is 0 Å². The molecule has 7 nitrogen and oxygen atoms in total. The van der Waals surface area contributed by atoms with Gasteiger partial charge < -0.3 is 15.2 Å². The number of benzene rings is 3. The first kappa shape index (κ1) is 22.7. The van der Waals surface area contributed by atoms with Gasteiger partial charge in [0.2, 0.25) is 5.91 Å². The van der Waals surface area contributed by atoms with Crippen molar-refractivity contribution in [1.82, 2.24) is 9.55 Å². The van der Waals surface area contributed by atoms with Crippen LogP contribution in [-0.2, 0) is 17.8 Å². The summed E-state index contributed by atoms with van der Waals surface area (Å²) in [5.74, 6) is -0.214. The minimum absolute atomic E-state index is 0.0661. The van der Waals surface area contributed by atoms with Crippen LogP contribution < -0.4 is 15.9 Å². The van der Waals surface area contributed by atoms with Crippen LogP contribution in [0.25, 0.3) is 5.69 Å². The molecule has 0 fully saturated rings. The number of carbonyl (C=O) groups excluding carboxylic acids is 2. The third kappa shape index (κ3) is 4.63. The molecule has 1 aromatic heterocycles. The molecule has 35 heavy (non-hydrogen) atoms. The average Bonchev–Trinajstić information content (AvgIpc) is 3.20. The number of hydrogen-bond donors (Lipinski definition) is 2. The number of nitrogens with zero attached hydrogens (tertiary/aromatic N) is 2. The van der Waals surface area contributed by atoms with E-state index in [0.29, 0.717) is 41.3 Å². The summed E-state index contributed by atoms with van der Waals surface area (Å²) in [5, 5.41) is 3.59. The Balaban J connectivity index is 1.36. The zero-order valence-corrected chi connectivity index (χ0v) is 19.8. The number of hydrogen-bond acceptors (Lipinski definition) is 3. The van der Waals surface area contributed by atoms with Crippen molar-refractivity contribution >= 4 is 34.8 Å². The Labute approximate surface area is 207 Å². The Hall–Kier alpha value is -4.10. The van der Waals surface area contributed by atoms with Crippen molar-refractivity contribution in [1.29, 1.82) is 0 Å². The summed E-state index contributed by atoms with van der Waals surface area (Å²) >= 11 is 5.98. The Morgan fingerprint density at radius 1 is 1.03 bits per heavy atom. The SMILES string of the molecule is Cc1c[nH]c(=O)n1-c1cccc(C(=O)Nc2ccc3c(c2)CCC(=O)N3Cc2ccc(Cl)cc2)c1. The van der Waals surface area contributed by atoms with Crippen LogP contribution in [0, 0.1) is 6.92 Å². The van der Waals surface area contributed by atoms with Crippen LogP contribution in [-0.4, -0.2) is 21.4 Å². The third-order valence-corrected chi connectivity index (χ3v) is 6.37. The Morgan fingerprint density at radius 3 is 2.57 bits per heavy atom. The molecule has 0 radical (unpaired) electrons. The molecule has 0 saturated heterocycles. The highest BCUT2D eigenvalue weighted by atomic mass is 35.5. The molecule has 2 amide bonds. The molecule has 0 atom stereocenters. The second-order valence-corrected chi connectivity index (χ2v) is 8.96. The molecular weight excluding hydrogens is 464 g/mol. The van der Waals surface area contributed by atoms with Crippen molar-refractivity contribution in [2.75, 3.05) is 10.2 Å². The minimum Gasteiger partial charge on any atom is -0.322 e. The maximum atomic E-state index is 13.0. The van der Waals surface area contributed by atoms with E-state index in [1.54, 1.807) is 41.4 Å². The number of halogens is 1. The number of fused-ring (bicyclic) bond motifs is 1. The number of rotatable bonds is 5. The summed E-state index contributed by atoms with van der Waals surface area (Å²) in [7, 11) is 0. The van der Waals surface area contributed by atoms with Crippen molar-refractivity contribution in [2.24, 2.45) is 0 Å². The molecule has 0 aliphatic carbocycles. The number of carbonyl (C=O) groups is 2. The second-order valence-electron chi connectivity index (χ2n) is 8.52. The molecule has 8 heteroatoms. The lowest BCUT2D eigenvalue weighted by molar-refractivity contribution is -0.119. The Kier molecular flexibility index (Phi) is 6.01. The normalized spacial score (nSPS) is 13.0.